The Bertz CT molecular complexity index is 418. The summed E-state index contributed by atoms with van der Waals surface area (Å²) in [6.45, 7) is 5.39. The monoisotopic (exact) mass is 282 g/mol. The van der Waals surface area contributed by atoms with Crippen molar-refractivity contribution in [3.63, 3.8) is 0 Å². The van der Waals surface area contributed by atoms with E-state index in [2.05, 4.69) is 24.9 Å². The summed E-state index contributed by atoms with van der Waals surface area (Å²) in [5, 5.41) is 0.825. The molecule has 0 spiro atoms. The Labute approximate surface area is 120 Å². The summed E-state index contributed by atoms with van der Waals surface area (Å²) in [5.41, 5.74) is 7.22. The minimum absolute atomic E-state index is 0.101. The number of hydrogen-bond acceptors (Lipinski definition) is 3. The van der Waals surface area contributed by atoms with Crippen molar-refractivity contribution in [2.75, 3.05) is 33.4 Å². The molecule has 19 heavy (non-hydrogen) atoms. The van der Waals surface area contributed by atoms with Gasteiger partial charge < -0.3 is 10.5 Å². The lowest BCUT2D eigenvalue weighted by Gasteiger charge is -2.34. The number of rotatable bonds is 5. The van der Waals surface area contributed by atoms with E-state index in [1.165, 1.54) is 0 Å². The maximum atomic E-state index is 6.27. The molecule has 1 aromatic rings. The first kappa shape index (κ1) is 14.8. The van der Waals surface area contributed by atoms with Gasteiger partial charge in [0.2, 0.25) is 0 Å². The molecule has 0 amide bonds. The van der Waals surface area contributed by atoms with Crippen LogP contribution in [0.3, 0.4) is 0 Å². The van der Waals surface area contributed by atoms with E-state index in [-0.39, 0.29) is 11.5 Å². The Kier molecular flexibility index (Phi) is 4.85. The lowest BCUT2D eigenvalue weighted by molar-refractivity contribution is 0.110. The van der Waals surface area contributed by atoms with Crippen molar-refractivity contribution in [2.24, 2.45) is 11.1 Å². The van der Waals surface area contributed by atoms with Crippen molar-refractivity contribution < 1.29 is 4.74 Å². The van der Waals surface area contributed by atoms with E-state index in [0.717, 1.165) is 36.8 Å². The molecule has 0 saturated carbocycles. The van der Waals surface area contributed by atoms with Crippen molar-refractivity contribution in [2.45, 2.75) is 19.4 Å². The Morgan fingerprint density at radius 1 is 1.47 bits per heavy atom. The van der Waals surface area contributed by atoms with Crippen LogP contribution in [0, 0.1) is 5.41 Å². The Hall–Kier alpha value is -0.610. The fraction of sp³-hybridized carbons (Fsp3) is 0.600. The van der Waals surface area contributed by atoms with Gasteiger partial charge in [0.1, 0.15) is 0 Å². The Morgan fingerprint density at radius 3 is 2.79 bits per heavy atom. The molecule has 1 heterocycles. The molecule has 1 saturated heterocycles. The van der Waals surface area contributed by atoms with Crippen molar-refractivity contribution in [3.8, 4) is 0 Å². The molecule has 1 aliphatic rings. The summed E-state index contributed by atoms with van der Waals surface area (Å²) < 4.78 is 5.53. The fourth-order valence-corrected chi connectivity index (χ4v) is 3.01. The second-order valence-electron chi connectivity index (χ2n) is 5.62. The lowest BCUT2D eigenvalue weighted by Crippen LogP contribution is -2.42. The zero-order valence-corrected chi connectivity index (χ0v) is 12.5. The van der Waals surface area contributed by atoms with Gasteiger partial charge in [-0.3, -0.25) is 4.90 Å². The maximum Gasteiger partial charge on any atom is 0.0547 e. The van der Waals surface area contributed by atoms with Crippen molar-refractivity contribution in [1.29, 1.82) is 0 Å². The van der Waals surface area contributed by atoms with Crippen molar-refractivity contribution >= 4 is 11.6 Å². The molecule has 0 radical (unpaired) electrons. The molecule has 0 aromatic heterocycles. The number of hydrogen-bond donors (Lipinski definition) is 1. The first-order valence-corrected chi connectivity index (χ1v) is 7.18. The molecule has 1 aromatic carbocycles. The van der Waals surface area contributed by atoms with Crippen LogP contribution in [0.1, 0.15) is 24.9 Å². The van der Waals surface area contributed by atoms with Gasteiger partial charge in [-0.1, -0.05) is 29.8 Å². The molecule has 3 nitrogen and oxygen atoms in total. The predicted octanol–water partition coefficient (Wildman–Crippen LogP) is 2.70. The van der Waals surface area contributed by atoms with E-state index >= 15 is 0 Å². The summed E-state index contributed by atoms with van der Waals surface area (Å²) in [7, 11) is 2.13. The largest absolute Gasteiger partial charge is 0.381 e. The van der Waals surface area contributed by atoms with Crippen LogP contribution in [0.5, 0.6) is 0 Å². The number of benzene rings is 1. The zero-order valence-electron chi connectivity index (χ0n) is 11.7. The zero-order chi connectivity index (χ0) is 13.9. The molecular weight excluding hydrogens is 260 g/mol. The third kappa shape index (κ3) is 3.29. The smallest absolute Gasteiger partial charge is 0.0547 e. The van der Waals surface area contributed by atoms with Crippen LogP contribution in [0.15, 0.2) is 24.3 Å². The Morgan fingerprint density at radius 2 is 2.21 bits per heavy atom. The first-order chi connectivity index (χ1) is 9.08. The standard InChI is InChI=1S/C15H23ClN2O/c1-12(13-5-3-4-6-14(13)16)18(2)10-15(9-17)7-8-19-11-15/h3-6,12H,7-11,17H2,1-2H3. The highest BCUT2D eigenvalue weighted by atomic mass is 35.5. The quantitative estimate of drug-likeness (QED) is 0.902. The SMILES string of the molecule is CC(c1ccccc1Cl)N(C)CC1(CN)CCOC1. The van der Waals surface area contributed by atoms with E-state index in [9.17, 15) is 0 Å². The number of ether oxygens (including phenoxy) is 1. The molecule has 1 aliphatic heterocycles. The lowest BCUT2D eigenvalue weighted by atomic mass is 9.86. The molecule has 2 N–H and O–H groups in total. The van der Waals surface area contributed by atoms with Crippen LogP contribution >= 0.6 is 11.6 Å². The van der Waals surface area contributed by atoms with Gasteiger partial charge in [-0.05, 0) is 32.0 Å². The molecule has 106 valence electrons. The maximum absolute atomic E-state index is 6.27. The van der Waals surface area contributed by atoms with Gasteiger partial charge in [0.15, 0.2) is 0 Å². The number of nitrogens with two attached hydrogens (primary N) is 1. The molecule has 2 atom stereocenters. The third-order valence-corrected chi connectivity index (χ3v) is 4.56. The summed E-state index contributed by atoms with van der Waals surface area (Å²) >= 11 is 6.27. The van der Waals surface area contributed by atoms with Gasteiger partial charge in [0.05, 0.1) is 6.61 Å². The van der Waals surface area contributed by atoms with E-state index in [1.807, 2.05) is 18.2 Å². The van der Waals surface area contributed by atoms with Gasteiger partial charge in [-0.25, -0.2) is 0 Å². The summed E-state index contributed by atoms with van der Waals surface area (Å²) in [6.07, 6.45) is 1.04. The Balaban J connectivity index is 2.07. The predicted molar refractivity (Wildman–Crippen MR) is 79.4 cm³/mol. The molecular formula is C15H23ClN2O. The molecule has 2 unspecified atom stereocenters. The van der Waals surface area contributed by atoms with Crippen LogP contribution in [0.25, 0.3) is 0 Å². The van der Waals surface area contributed by atoms with E-state index in [0.29, 0.717) is 6.54 Å². The van der Waals surface area contributed by atoms with Gasteiger partial charge in [-0.2, -0.15) is 0 Å². The van der Waals surface area contributed by atoms with Crippen molar-refractivity contribution in [3.05, 3.63) is 34.9 Å². The molecule has 0 aliphatic carbocycles. The summed E-state index contributed by atoms with van der Waals surface area (Å²) in [6, 6.07) is 8.30. The van der Waals surface area contributed by atoms with E-state index in [4.69, 9.17) is 22.1 Å². The molecule has 2 rings (SSSR count). The van der Waals surface area contributed by atoms with E-state index < -0.39 is 0 Å². The minimum atomic E-state index is 0.101. The van der Waals surface area contributed by atoms with Crippen LogP contribution in [0.2, 0.25) is 5.02 Å². The van der Waals surface area contributed by atoms with Crippen molar-refractivity contribution in [1.82, 2.24) is 4.90 Å². The van der Waals surface area contributed by atoms with Gasteiger partial charge >= 0.3 is 0 Å². The average Bonchev–Trinajstić information content (AvgIpc) is 2.87. The molecule has 0 bridgehead atoms. The molecule has 1 fully saturated rings. The average molecular weight is 283 g/mol. The highest BCUT2D eigenvalue weighted by Gasteiger charge is 2.35. The first-order valence-electron chi connectivity index (χ1n) is 6.80. The third-order valence-electron chi connectivity index (χ3n) is 4.22. The summed E-state index contributed by atoms with van der Waals surface area (Å²) in [5.74, 6) is 0. The number of halogens is 1. The highest BCUT2D eigenvalue weighted by molar-refractivity contribution is 6.31. The second kappa shape index (κ2) is 6.23. The van der Waals surface area contributed by atoms with E-state index in [1.54, 1.807) is 0 Å². The van der Waals surface area contributed by atoms with Gasteiger partial charge in [0.25, 0.3) is 0 Å². The highest BCUT2D eigenvalue weighted by Crippen LogP contribution is 2.32. The van der Waals surface area contributed by atoms with Gasteiger partial charge in [0, 0.05) is 36.2 Å². The fourth-order valence-electron chi connectivity index (χ4n) is 2.72. The minimum Gasteiger partial charge on any atom is -0.381 e. The van der Waals surface area contributed by atoms with Gasteiger partial charge in [-0.15, -0.1) is 0 Å². The topological polar surface area (TPSA) is 38.5 Å². The molecule has 4 heteroatoms. The van der Waals surface area contributed by atoms with Crippen LogP contribution in [0.4, 0.5) is 0 Å². The second-order valence-corrected chi connectivity index (χ2v) is 6.03. The number of nitrogens with zero attached hydrogens (tertiary/aromatic N) is 1. The van der Waals surface area contributed by atoms with Crippen LogP contribution < -0.4 is 5.73 Å². The van der Waals surface area contributed by atoms with Crippen LogP contribution in [-0.4, -0.2) is 38.3 Å². The summed E-state index contributed by atoms with van der Waals surface area (Å²) in [4.78, 5) is 2.32. The van der Waals surface area contributed by atoms with Crippen LogP contribution in [-0.2, 0) is 4.74 Å². The normalized spacial score (nSPS) is 24.9.